The molecule has 3 nitrogen and oxygen atoms in total. The van der Waals surface area contributed by atoms with Gasteiger partial charge in [-0.1, -0.05) is 30.3 Å². The Morgan fingerprint density at radius 3 is 2.43 bits per heavy atom. The predicted octanol–water partition coefficient (Wildman–Crippen LogP) is 1.90. The molecule has 0 aliphatic carbocycles. The van der Waals surface area contributed by atoms with Crippen molar-refractivity contribution in [2.24, 2.45) is 0 Å². The van der Waals surface area contributed by atoms with Gasteiger partial charge in [-0.05, 0) is 19.4 Å². The Morgan fingerprint density at radius 1 is 1.36 bits per heavy atom. The molecule has 1 radical (unpaired) electrons. The first-order valence-electron chi connectivity index (χ1n) is 4.52. The lowest BCUT2D eigenvalue weighted by atomic mass is 9.96. The van der Waals surface area contributed by atoms with Crippen molar-refractivity contribution >= 4 is 5.97 Å². The summed E-state index contributed by atoms with van der Waals surface area (Å²) in [5.41, 5.74) is -1.38. The van der Waals surface area contributed by atoms with E-state index in [0.29, 0.717) is 5.56 Å². The summed E-state index contributed by atoms with van der Waals surface area (Å²) in [5, 5.41) is 11.9. The highest BCUT2D eigenvalue weighted by atomic mass is 16.5. The van der Waals surface area contributed by atoms with Crippen LogP contribution < -0.4 is 0 Å². The van der Waals surface area contributed by atoms with Gasteiger partial charge in [0.25, 0.3) is 0 Å². The first kappa shape index (κ1) is 10.7. The minimum atomic E-state index is -1.81. The summed E-state index contributed by atoms with van der Waals surface area (Å²) in [4.78, 5) is 11.3. The molecule has 14 heavy (non-hydrogen) atoms. The molecule has 0 spiro atoms. The maximum absolute atomic E-state index is 11.9. The molecule has 0 aliphatic rings. The topological polar surface area (TPSA) is 46.2 Å². The van der Waals surface area contributed by atoms with Crippen LogP contribution in [-0.2, 0) is 20.2 Å². The van der Waals surface area contributed by atoms with Gasteiger partial charge in [0.05, 0.1) is 6.61 Å². The molecule has 0 bridgehead atoms. The molecule has 1 aromatic carbocycles. The molecule has 1 atom stereocenters. The van der Waals surface area contributed by atoms with E-state index in [4.69, 9.17) is 4.74 Å². The molecular formula is C11H13O3. The molecule has 1 unspecified atom stereocenters. The largest absolute Gasteiger partial charge is 0.464 e. The normalized spacial score (nSPS) is 14.5. The summed E-state index contributed by atoms with van der Waals surface area (Å²) in [6.45, 7) is 3.22. The molecule has 0 aliphatic heterocycles. The van der Waals surface area contributed by atoms with Crippen LogP contribution in [0.2, 0.25) is 0 Å². The fourth-order valence-electron chi connectivity index (χ4n) is 1.14. The molecule has 0 saturated carbocycles. The molecule has 0 saturated heterocycles. The van der Waals surface area contributed by atoms with Crippen LogP contribution in [0.4, 0.5) is 0 Å². The third kappa shape index (κ3) is 2.12. The van der Waals surface area contributed by atoms with Crippen LogP contribution in [0.1, 0.15) is 19.4 Å². The summed E-state index contributed by atoms with van der Waals surface area (Å²) < 4.78 is 4.71. The van der Waals surface area contributed by atoms with Crippen molar-refractivity contribution in [1.29, 1.82) is 0 Å². The summed E-state index contributed by atoms with van der Waals surface area (Å²) in [6.07, 6.45) is 0. The van der Waals surface area contributed by atoms with Gasteiger partial charge in [0, 0.05) is 0 Å². The van der Waals surface area contributed by atoms with Crippen LogP contribution in [-0.4, -0.2) is 12.6 Å². The SMILES string of the molecule is CCOC(=O)C(C)([O])c1ccccc1. The summed E-state index contributed by atoms with van der Waals surface area (Å²) in [5.74, 6) is -0.730. The fraction of sp³-hybridized carbons (Fsp3) is 0.364. The van der Waals surface area contributed by atoms with E-state index in [9.17, 15) is 9.90 Å². The van der Waals surface area contributed by atoms with E-state index >= 15 is 0 Å². The summed E-state index contributed by atoms with van der Waals surface area (Å²) >= 11 is 0. The van der Waals surface area contributed by atoms with Crippen LogP contribution in [0.3, 0.4) is 0 Å². The van der Waals surface area contributed by atoms with Crippen molar-refractivity contribution in [3.63, 3.8) is 0 Å². The molecule has 0 amide bonds. The van der Waals surface area contributed by atoms with Gasteiger partial charge in [-0.3, -0.25) is 0 Å². The zero-order valence-electron chi connectivity index (χ0n) is 8.32. The van der Waals surface area contributed by atoms with Crippen LogP contribution in [0, 0.1) is 0 Å². The Balaban J connectivity index is 2.90. The van der Waals surface area contributed by atoms with Gasteiger partial charge in [-0.15, -0.1) is 0 Å². The number of hydrogen-bond acceptors (Lipinski definition) is 2. The van der Waals surface area contributed by atoms with Crippen molar-refractivity contribution in [3.8, 4) is 0 Å². The smallest absolute Gasteiger partial charge is 0.346 e. The van der Waals surface area contributed by atoms with E-state index in [-0.39, 0.29) is 6.61 Å². The molecule has 1 rings (SSSR count). The lowest BCUT2D eigenvalue weighted by Crippen LogP contribution is -2.32. The molecule has 75 valence electrons. The van der Waals surface area contributed by atoms with Crippen molar-refractivity contribution < 1.29 is 14.6 Å². The van der Waals surface area contributed by atoms with Crippen molar-refractivity contribution in [3.05, 3.63) is 35.9 Å². The first-order chi connectivity index (χ1) is 6.59. The third-order valence-electron chi connectivity index (χ3n) is 1.99. The van der Waals surface area contributed by atoms with Crippen LogP contribution >= 0.6 is 0 Å². The predicted molar refractivity (Wildman–Crippen MR) is 51.1 cm³/mol. The quantitative estimate of drug-likeness (QED) is 0.688. The average molecular weight is 193 g/mol. The van der Waals surface area contributed by atoms with Crippen molar-refractivity contribution in [2.45, 2.75) is 19.4 Å². The molecule has 0 N–H and O–H groups in total. The second-order valence-corrected chi connectivity index (χ2v) is 3.12. The molecule has 1 aromatic rings. The standard InChI is InChI=1S/C11H13O3/c1-3-14-10(12)11(2,13)9-7-5-4-6-8-9/h4-8H,3H2,1-2H3. The minimum absolute atomic E-state index is 0.226. The number of benzene rings is 1. The molecule has 3 heteroatoms. The van der Waals surface area contributed by atoms with Gasteiger partial charge in [0.2, 0.25) is 5.60 Å². The number of carbonyl (C=O) groups excluding carboxylic acids is 1. The van der Waals surface area contributed by atoms with E-state index in [1.165, 1.54) is 6.92 Å². The Hall–Kier alpha value is -1.35. The highest BCUT2D eigenvalue weighted by Crippen LogP contribution is 2.22. The zero-order valence-corrected chi connectivity index (χ0v) is 8.32. The first-order valence-corrected chi connectivity index (χ1v) is 4.52. The monoisotopic (exact) mass is 193 g/mol. The Bertz CT molecular complexity index is 304. The second-order valence-electron chi connectivity index (χ2n) is 3.12. The average Bonchev–Trinajstić information content (AvgIpc) is 2.19. The van der Waals surface area contributed by atoms with E-state index in [2.05, 4.69) is 0 Å². The lowest BCUT2D eigenvalue weighted by molar-refractivity contribution is -0.171. The van der Waals surface area contributed by atoms with Crippen molar-refractivity contribution in [2.75, 3.05) is 6.61 Å². The number of hydrogen-bond donors (Lipinski definition) is 0. The van der Waals surface area contributed by atoms with Gasteiger partial charge in [0.1, 0.15) is 0 Å². The van der Waals surface area contributed by atoms with E-state index < -0.39 is 11.6 Å². The Kier molecular flexibility index (Phi) is 3.25. The van der Waals surface area contributed by atoms with E-state index in [1.807, 2.05) is 0 Å². The van der Waals surface area contributed by atoms with Gasteiger partial charge in [-0.2, -0.15) is 0 Å². The number of carbonyl (C=O) groups is 1. The summed E-state index contributed by atoms with van der Waals surface area (Å²) in [7, 11) is 0. The third-order valence-corrected chi connectivity index (χ3v) is 1.99. The highest BCUT2D eigenvalue weighted by Gasteiger charge is 2.36. The lowest BCUT2D eigenvalue weighted by Gasteiger charge is -2.18. The van der Waals surface area contributed by atoms with Gasteiger partial charge in [0.15, 0.2) is 0 Å². The minimum Gasteiger partial charge on any atom is -0.464 e. The van der Waals surface area contributed by atoms with E-state index in [0.717, 1.165) is 0 Å². The maximum atomic E-state index is 11.9. The highest BCUT2D eigenvalue weighted by molar-refractivity contribution is 5.80. The second kappa shape index (κ2) is 4.24. The fourth-order valence-corrected chi connectivity index (χ4v) is 1.14. The Morgan fingerprint density at radius 2 is 1.93 bits per heavy atom. The van der Waals surface area contributed by atoms with Gasteiger partial charge in [-0.25, -0.2) is 9.90 Å². The molecular weight excluding hydrogens is 180 g/mol. The number of esters is 1. The van der Waals surface area contributed by atoms with Crippen LogP contribution in [0.25, 0.3) is 0 Å². The number of rotatable bonds is 3. The molecule has 0 aromatic heterocycles. The molecule has 0 fully saturated rings. The summed E-state index contributed by atoms with van der Waals surface area (Å²) in [6, 6.07) is 8.51. The number of ether oxygens (including phenoxy) is 1. The van der Waals surface area contributed by atoms with Crippen LogP contribution in [0.15, 0.2) is 30.3 Å². The zero-order chi connectivity index (χ0) is 10.6. The van der Waals surface area contributed by atoms with Gasteiger partial charge < -0.3 is 4.74 Å². The van der Waals surface area contributed by atoms with Gasteiger partial charge >= 0.3 is 5.97 Å². The van der Waals surface area contributed by atoms with E-state index in [1.54, 1.807) is 37.3 Å². The maximum Gasteiger partial charge on any atom is 0.346 e. The van der Waals surface area contributed by atoms with Crippen LogP contribution in [0.5, 0.6) is 0 Å². The van der Waals surface area contributed by atoms with Crippen molar-refractivity contribution in [1.82, 2.24) is 0 Å². The molecule has 0 heterocycles. The Labute approximate surface area is 83.3 Å².